The number of rotatable bonds is 4. The third-order valence-electron chi connectivity index (χ3n) is 4.79. The molecule has 0 amide bonds. The van der Waals surface area contributed by atoms with Crippen molar-refractivity contribution in [1.82, 2.24) is 0 Å². The molecule has 5 rings (SSSR count). The average Bonchev–Trinajstić information content (AvgIpc) is 3.39. The quantitative estimate of drug-likeness (QED) is 0.195. The van der Waals surface area contributed by atoms with E-state index < -0.39 is 17.1 Å². The first-order chi connectivity index (χ1) is 14.3. The monoisotopic (exact) mass is 418 g/mol. The number of hydrogen-bond acceptors (Lipinski definition) is 4. The maximum atomic E-state index is 11.9. The van der Waals surface area contributed by atoms with Gasteiger partial charge in [-0.05, 0) is 63.9 Å². The summed E-state index contributed by atoms with van der Waals surface area (Å²) in [4.78, 5) is 16.9. The molecular formula is C24H18O3S2. The third-order valence-corrected chi connectivity index (χ3v) is 8.20. The van der Waals surface area contributed by atoms with E-state index in [4.69, 9.17) is 9.47 Å². The maximum Gasteiger partial charge on any atom is 0.514 e. The molecule has 1 aromatic heterocycles. The minimum absolute atomic E-state index is 0.230. The Labute approximate surface area is 175 Å². The van der Waals surface area contributed by atoms with Crippen molar-refractivity contribution in [2.75, 3.05) is 0 Å². The van der Waals surface area contributed by atoms with Crippen LogP contribution in [0.5, 0.6) is 5.75 Å². The topological polar surface area (TPSA) is 35.5 Å². The summed E-state index contributed by atoms with van der Waals surface area (Å²) in [5.41, 5.74) is 2.62. The molecule has 144 valence electrons. The van der Waals surface area contributed by atoms with Crippen molar-refractivity contribution < 1.29 is 14.3 Å². The van der Waals surface area contributed by atoms with Gasteiger partial charge >= 0.3 is 6.16 Å². The van der Waals surface area contributed by atoms with Gasteiger partial charge in [0, 0.05) is 14.7 Å². The van der Waals surface area contributed by atoms with Gasteiger partial charge in [-0.2, -0.15) is 10.9 Å². The first kappa shape index (κ1) is 18.0. The van der Waals surface area contributed by atoms with E-state index in [-0.39, 0.29) is 6.61 Å². The molecule has 3 aromatic carbocycles. The molecule has 0 spiro atoms. The zero-order chi connectivity index (χ0) is 19.6. The van der Waals surface area contributed by atoms with E-state index in [0.717, 1.165) is 4.88 Å². The summed E-state index contributed by atoms with van der Waals surface area (Å²) < 4.78 is 10.5. The summed E-state index contributed by atoms with van der Waals surface area (Å²) in [5, 5.41) is 1.95. The summed E-state index contributed by atoms with van der Waals surface area (Å²) in [6.45, 7) is 0.230. The predicted octanol–water partition coefficient (Wildman–Crippen LogP) is 6.92. The second-order valence-electron chi connectivity index (χ2n) is 6.58. The van der Waals surface area contributed by atoms with Gasteiger partial charge in [-0.15, -0.1) is 11.3 Å². The molecule has 0 aliphatic carbocycles. The van der Waals surface area contributed by atoms with E-state index in [9.17, 15) is 4.79 Å². The molecule has 0 unspecified atom stereocenters. The van der Waals surface area contributed by atoms with Crippen LogP contribution in [0.1, 0.15) is 4.88 Å². The fourth-order valence-electron chi connectivity index (χ4n) is 3.51. The van der Waals surface area contributed by atoms with Crippen molar-refractivity contribution in [3.8, 4) is 16.9 Å². The van der Waals surface area contributed by atoms with Crippen LogP contribution in [0.25, 0.3) is 11.1 Å². The highest BCUT2D eigenvalue weighted by Gasteiger charge is 2.26. The maximum absolute atomic E-state index is 11.9. The van der Waals surface area contributed by atoms with E-state index >= 15 is 0 Å². The molecule has 5 heteroatoms. The Morgan fingerprint density at radius 1 is 0.793 bits per heavy atom. The smallest absolute Gasteiger partial charge is 0.428 e. The Morgan fingerprint density at radius 3 is 2.07 bits per heavy atom. The van der Waals surface area contributed by atoms with Crippen LogP contribution in [0.4, 0.5) is 4.79 Å². The fourth-order valence-corrected chi connectivity index (χ4v) is 6.74. The predicted molar refractivity (Wildman–Crippen MR) is 117 cm³/mol. The first-order valence-corrected chi connectivity index (χ1v) is 11.5. The number of thiophene rings is 1. The Hall–Kier alpha value is -3.02. The summed E-state index contributed by atoms with van der Waals surface area (Å²) in [6.07, 6.45) is -0.687. The molecule has 0 bridgehead atoms. The van der Waals surface area contributed by atoms with Crippen LogP contribution in [0.3, 0.4) is 0 Å². The lowest BCUT2D eigenvalue weighted by Crippen LogP contribution is -2.09. The van der Waals surface area contributed by atoms with E-state index in [1.54, 1.807) is 11.3 Å². The molecule has 0 saturated carbocycles. The third kappa shape index (κ3) is 3.55. The van der Waals surface area contributed by atoms with Crippen LogP contribution < -0.4 is 4.74 Å². The molecule has 2 heterocycles. The lowest BCUT2D eigenvalue weighted by Gasteiger charge is -2.19. The Morgan fingerprint density at radius 2 is 1.45 bits per heavy atom. The molecule has 4 aromatic rings. The van der Waals surface area contributed by atoms with Gasteiger partial charge in [0.2, 0.25) is 0 Å². The Balaban J connectivity index is 1.35. The van der Waals surface area contributed by atoms with E-state index in [1.807, 2.05) is 41.8 Å². The highest BCUT2D eigenvalue weighted by molar-refractivity contribution is 8.17. The number of benzene rings is 3. The number of hydrogen-bond donors (Lipinski definition) is 1. The largest absolute Gasteiger partial charge is 0.514 e. The van der Waals surface area contributed by atoms with Crippen LogP contribution >= 0.6 is 22.2 Å². The average molecular weight is 419 g/mol. The van der Waals surface area contributed by atoms with E-state index in [1.165, 1.54) is 25.8 Å². The standard InChI is InChI=1S/C24H18O3S2/c25-24(26-16-18-6-5-15-28-18)27-17-11-13-19(14-12-17)29-22-9-3-1-7-20(22)21-8-2-4-10-23(21)29/h1-15,29H,16H2. The van der Waals surface area contributed by atoms with Crippen molar-refractivity contribution >= 4 is 28.4 Å². The van der Waals surface area contributed by atoms with E-state index in [2.05, 4.69) is 48.5 Å². The minimum Gasteiger partial charge on any atom is -0.428 e. The van der Waals surface area contributed by atoms with Gasteiger partial charge in [-0.1, -0.05) is 42.5 Å². The second-order valence-corrected chi connectivity index (χ2v) is 9.77. The number of thiol groups is 1. The van der Waals surface area contributed by atoms with Crippen molar-refractivity contribution in [1.29, 1.82) is 0 Å². The van der Waals surface area contributed by atoms with Gasteiger partial charge in [0.1, 0.15) is 12.4 Å². The van der Waals surface area contributed by atoms with Gasteiger partial charge in [-0.3, -0.25) is 0 Å². The molecule has 0 saturated heterocycles. The fraction of sp³-hybridized carbons (Fsp3) is 0.0417. The number of ether oxygens (including phenoxy) is 2. The first-order valence-electron chi connectivity index (χ1n) is 9.25. The molecule has 0 atom stereocenters. The van der Waals surface area contributed by atoms with Crippen LogP contribution in [-0.4, -0.2) is 6.16 Å². The van der Waals surface area contributed by atoms with Crippen molar-refractivity contribution in [2.45, 2.75) is 21.3 Å². The highest BCUT2D eigenvalue weighted by Crippen LogP contribution is 2.62. The van der Waals surface area contributed by atoms with Gasteiger partial charge in [0.15, 0.2) is 0 Å². The highest BCUT2D eigenvalue weighted by atomic mass is 32.2. The summed E-state index contributed by atoms with van der Waals surface area (Å²) in [5.74, 6) is 0.487. The zero-order valence-electron chi connectivity index (χ0n) is 15.4. The molecule has 0 N–H and O–H groups in total. The number of carbonyl (C=O) groups is 1. The second kappa shape index (κ2) is 7.78. The van der Waals surface area contributed by atoms with Crippen molar-refractivity contribution in [3.05, 3.63) is 95.2 Å². The molecule has 0 fully saturated rings. The number of fused-ring (bicyclic) bond motifs is 3. The molecular weight excluding hydrogens is 400 g/mol. The lowest BCUT2D eigenvalue weighted by atomic mass is 10.1. The zero-order valence-corrected chi connectivity index (χ0v) is 17.2. The summed E-state index contributed by atoms with van der Waals surface area (Å²) in [7, 11) is -0.607. The van der Waals surface area contributed by atoms with Crippen LogP contribution in [0, 0.1) is 0 Å². The molecule has 0 radical (unpaired) electrons. The van der Waals surface area contributed by atoms with Crippen molar-refractivity contribution in [2.24, 2.45) is 0 Å². The number of carbonyl (C=O) groups excluding carboxylic acids is 1. The van der Waals surface area contributed by atoms with Crippen LogP contribution in [0.15, 0.2) is 105 Å². The lowest BCUT2D eigenvalue weighted by molar-refractivity contribution is 0.0936. The minimum atomic E-state index is -0.687. The molecule has 1 aliphatic rings. The van der Waals surface area contributed by atoms with Crippen LogP contribution in [0.2, 0.25) is 0 Å². The SMILES string of the molecule is O=C(OCc1cccs1)Oc1ccc([SH]2c3ccccc3-c3ccccc32)cc1. The molecule has 29 heavy (non-hydrogen) atoms. The molecule has 1 aliphatic heterocycles. The summed E-state index contributed by atoms with van der Waals surface area (Å²) >= 11 is 1.55. The van der Waals surface area contributed by atoms with Gasteiger partial charge in [-0.25, -0.2) is 4.79 Å². The van der Waals surface area contributed by atoms with E-state index in [0.29, 0.717) is 5.75 Å². The Bertz CT molecular complexity index is 1110. The Kier molecular flexibility index (Phi) is 4.84. The van der Waals surface area contributed by atoms with Gasteiger partial charge in [0.25, 0.3) is 0 Å². The van der Waals surface area contributed by atoms with Crippen LogP contribution in [-0.2, 0) is 11.3 Å². The summed E-state index contributed by atoms with van der Waals surface area (Å²) in [6, 6.07) is 28.8. The van der Waals surface area contributed by atoms with Crippen molar-refractivity contribution in [3.63, 3.8) is 0 Å². The van der Waals surface area contributed by atoms with Gasteiger partial charge < -0.3 is 9.47 Å². The van der Waals surface area contributed by atoms with Gasteiger partial charge in [0.05, 0.1) is 0 Å². The molecule has 3 nitrogen and oxygen atoms in total. The normalized spacial score (nSPS) is 12.9.